The molecule has 0 aliphatic carbocycles. The van der Waals surface area contributed by atoms with Crippen molar-refractivity contribution >= 4 is 11.6 Å². The van der Waals surface area contributed by atoms with E-state index in [9.17, 15) is 4.79 Å². The van der Waals surface area contributed by atoms with E-state index < -0.39 is 0 Å². The van der Waals surface area contributed by atoms with Gasteiger partial charge in [0.15, 0.2) is 0 Å². The highest BCUT2D eigenvalue weighted by molar-refractivity contribution is 5.94. The number of nitrogens with one attached hydrogen (secondary N) is 2. The van der Waals surface area contributed by atoms with Crippen molar-refractivity contribution in [1.82, 2.24) is 5.32 Å². The number of amides is 1. The van der Waals surface area contributed by atoms with Crippen LogP contribution in [0.3, 0.4) is 0 Å². The second-order valence-corrected chi connectivity index (χ2v) is 5.88. The molecular formula is C16H26N2O. The van der Waals surface area contributed by atoms with Crippen LogP contribution in [-0.2, 0) is 0 Å². The van der Waals surface area contributed by atoms with E-state index in [1.54, 1.807) is 0 Å². The van der Waals surface area contributed by atoms with Gasteiger partial charge in [-0.05, 0) is 57.4 Å². The third-order valence-electron chi connectivity index (χ3n) is 2.80. The molecule has 0 saturated carbocycles. The second kappa shape index (κ2) is 7.17. The standard InChI is InChI=1S/C16H26N2O/c1-11(2)10-13(5)18-15-8-6-14(7-9-15)16(19)17-12(3)4/h6-9,11-13,18H,10H2,1-5H3,(H,17,19). The Morgan fingerprint density at radius 3 is 2.11 bits per heavy atom. The fraction of sp³-hybridized carbons (Fsp3) is 0.562. The molecule has 0 aliphatic heterocycles. The molecule has 0 saturated heterocycles. The van der Waals surface area contributed by atoms with Crippen molar-refractivity contribution in [3.05, 3.63) is 29.8 Å². The third-order valence-corrected chi connectivity index (χ3v) is 2.80. The van der Waals surface area contributed by atoms with Crippen LogP contribution in [0.4, 0.5) is 5.69 Å². The maximum absolute atomic E-state index is 11.8. The molecule has 19 heavy (non-hydrogen) atoms. The number of rotatable bonds is 6. The normalized spacial score (nSPS) is 12.6. The first-order valence-corrected chi connectivity index (χ1v) is 7.06. The van der Waals surface area contributed by atoms with E-state index in [2.05, 4.69) is 31.4 Å². The fourth-order valence-corrected chi connectivity index (χ4v) is 2.11. The molecule has 1 unspecified atom stereocenters. The van der Waals surface area contributed by atoms with Crippen LogP contribution in [0.15, 0.2) is 24.3 Å². The van der Waals surface area contributed by atoms with Gasteiger partial charge in [0.1, 0.15) is 0 Å². The van der Waals surface area contributed by atoms with Gasteiger partial charge in [0.2, 0.25) is 0 Å². The number of benzene rings is 1. The van der Waals surface area contributed by atoms with Crippen LogP contribution in [0, 0.1) is 5.92 Å². The Kier molecular flexibility index (Phi) is 5.87. The molecule has 1 aromatic rings. The summed E-state index contributed by atoms with van der Waals surface area (Å²) in [6.45, 7) is 10.5. The average molecular weight is 262 g/mol. The molecule has 0 radical (unpaired) electrons. The van der Waals surface area contributed by atoms with Gasteiger partial charge >= 0.3 is 0 Å². The predicted molar refractivity (Wildman–Crippen MR) is 81.6 cm³/mol. The minimum Gasteiger partial charge on any atom is -0.383 e. The molecule has 1 amide bonds. The first-order valence-electron chi connectivity index (χ1n) is 7.06. The number of carbonyl (C=O) groups is 1. The van der Waals surface area contributed by atoms with E-state index in [4.69, 9.17) is 0 Å². The van der Waals surface area contributed by atoms with Crippen LogP contribution in [0.5, 0.6) is 0 Å². The molecule has 106 valence electrons. The van der Waals surface area contributed by atoms with E-state index >= 15 is 0 Å². The Morgan fingerprint density at radius 1 is 1.05 bits per heavy atom. The lowest BCUT2D eigenvalue weighted by Crippen LogP contribution is -2.30. The number of anilines is 1. The number of hydrogen-bond donors (Lipinski definition) is 2. The summed E-state index contributed by atoms with van der Waals surface area (Å²) in [6.07, 6.45) is 1.13. The lowest BCUT2D eigenvalue weighted by Gasteiger charge is -2.17. The van der Waals surface area contributed by atoms with Gasteiger partial charge in [-0.1, -0.05) is 13.8 Å². The lowest BCUT2D eigenvalue weighted by atomic mass is 10.0. The van der Waals surface area contributed by atoms with E-state index in [1.807, 2.05) is 38.1 Å². The summed E-state index contributed by atoms with van der Waals surface area (Å²) in [4.78, 5) is 11.8. The smallest absolute Gasteiger partial charge is 0.251 e. The Labute approximate surface area is 116 Å². The Hall–Kier alpha value is -1.51. The van der Waals surface area contributed by atoms with Gasteiger partial charge in [-0.3, -0.25) is 4.79 Å². The summed E-state index contributed by atoms with van der Waals surface area (Å²) >= 11 is 0. The van der Waals surface area contributed by atoms with Crippen molar-refractivity contribution in [2.75, 3.05) is 5.32 Å². The fourth-order valence-electron chi connectivity index (χ4n) is 2.11. The molecule has 0 aromatic heterocycles. The Bertz CT molecular complexity index is 396. The zero-order valence-electron chi connectivity index (χ0n) is 12.7. The van der Waals surface area contributed by atoms with E-state index in [0.717, 1.165) is 12.1 Å². The van der Waals surface area contributed by atoms with Crippen molar-refractivity contribution in [3.8, 4) is 0 Å². The molecular weight excluding hydrogens is 236 g/mol. The van der Waals surface area contributed by atoms with Gasteiger partial charge in [-0.25, -0.2) is 0 Å². The highest BCUT2D eigenvalue weighted by atomic mass is 16.1. The molecule has 0 bridgehead atoms. The summed E-state index contributed by atoms with van der Waals surface area (Å²) in [5.41, 5.74) is 1.77. The minimum atomic E-state index is -0.0169. The molecule has 3 nitrogen and oxygen atoms in total. The minimum absolute atomic E-state index is 0.0169. The maximum atomic E-state index is 11.8. The molecule has 1 atom stereocenters. The molecule has 2 N–H and O–H groups in total. The number of hydrogen-bond acceptors (Lipinski definition) is 2. The van der Waals surface area contributed by atoms with Gasteiger partial charge in [-0.15, -0.1) is 0 Å². The summed E-state index contributed by atoms with van der Waals surface area (Å²) in [6, 6.07) is 8.26. The summed E-state index contributed by atoms with van der Waals surface area (Å²) in [7, 11) is 0. The van der Waals surface area contributed by atoms with Gasteiger partial charge in [0.25, 0.3) is 5.91 Å². The summed E-state index contributed by atoms with van der Waals surface area (Å²) in [5.74, 6) is 0.662. The Balaban J connectivity index is 2.58. The van der Waals surface area contributed by atoms with E-state index in [0.29, 0.717) is 17.5 Å². The molecule has 1 rings (SSSR count). The topological polar surface area (TPSA) is 41.1 Å². The van der Waals surface area contributed by atoms with Crippen molar-refractivity contribution in [3.63, 3.8) is 0 Å². The maximum Gasteiger partial charge on any atom is 0.251 e. The largest absolute Gasteiger partial charge is 0.383 e. The lowest BCUT2D eigenvalue weighted by molar-refractivity contribution is 0.0943. The van der Waals surface area contributed by atoms with Crippen LogP contribution in [0.25, 0.3) is 0 Å². The molecule has 0 fully saturated rings. The van der Waals surface area contributed by atoms with Crippen LogP contribution >= 0.6 is 0 Å². The van der Waals surface area contributed by atoms with Crippen molar-refractivity contribution in [1.29, 1.82) is 0 Å². The molecule has 0 aliphatic rings. The van der Waals surface area contributed by atoms with Gasteiger partial charge in [-0.2, -0.15) is 0 Å². The SMILES string of the molecule is CC(C)CC(C)Nc1ccc(C(=O)NC(C)C)cc1. The summed E-state index contributed by atoms with van der Waals surface area (Å²) < 4.78 is 0. The zero-order valence-corrected chi connectivity index (χ0v) is 12.7. The third kappa shape index (κ3) is 5.77. The highest BCUT2D eigenvalue weighted by Crippen LogP contribution is 2.14. The van der Waals surface area contributed by atoms with Crippen molar-refractivity contribution in [2.45, 2.75) is 53.1 Å². The second-order valence-electron chi connectivity index (χ2n) is 5.88. The van der Waals surface area contributed by atoms with Crippen LogP contribution in [0.2, 0.25) is 0 Å². The Morgan fingerprint density at radius 2 is 1.63 bits per heavy atom. The molecule has 0 spiro atoms. The molecule has 0 heterocycles. The first-order chi connectivity index (χ1) is 8.88. The zero-order chi connectivity index (χ0) is 14.4. The first kappa shape index (κ1) is 15.5. The summed E-state index contributed by atoms with van der Waals surface area (Å²) in [5, 5.41) is 6.33. The van der Waals surface area contributed by atoms with Crippen LogP contribution in [0.1, 0.15) is 51.4 Å². The van der Waals surface area contributed by atoms with Gasteiger partial charge in [0.05, 0.1) is 0 Å². The van der Waals surface area contributed by atoms with Crippen LogP contribution in [-0.4, -0.2) is 18.0 Å². The average Bonchev–Trinajstić information content (AvgIpc) is 2.27. The quantitative estimate of drug-likeness (QED) is 0.821. The van der Waals surface area contributed by atoms with Crippen molar-refractivity contribution < 1.29 is 4.79 Å². The van der Waals surface area contributed by atoms with E-state index in [-0.39, 0.29) is 11.9 Å². The van der Waals surface area contributed by atoms with Crippen LogP contribution < -0.4 is 10.6 Å². The predicted octanol–water partition coefficient (Wildman–Crippen LogP) is 3.67. The van der Waals surface area contributed by atoms with Crippen molar-refractivity contribution in [2.24, 2.45) is 5.92 Å². The monoisotopic (exact) mass is 262 g/mol. The van der Waals surface area contributed by atoms with Gasteiger partial charge in [0, 0.05) is 23.3 Å². The molecule has 3 heteroatoms. The van der Waals surface area contributed by atoms with Gasteiger partial charge < -0.3 is 10.6 Å². The molecule has 1 aromatic carbocycles. The highest BCUT2D eigenvalue weighted by Gasteiger charge is 2.08. The number of carbonyl (C=O) groups excluding carboxylic acids is 1. The van der Waals surface area contributed by atoms with E-state index in [1.165, 1.54) is 0 Å².